The van der Waals surface area contributed by atoms with Crippen molar-refractivity contribution in [2.75, 3.05) is 16.8 Å². The Labute approximate surface area is 304 Å². The standard InChI is InChI=1S/C42H32N4O5S/c1-2-51-37-20-12-9-15-29(37)25-36-40(48)46(31-16-7-4-8-17-31)42(45-36)52-38(28-13-5-3-6-14-28)39(47)43-30-23-21-27(22-24-30)35-26-33(41(49)50)32-18-10-11-19-34(32)44-35/h3-26,38H,2H2,1H3,(H,43,47)(H,49,50)/b36-25+. The number of aromatic nitrogens is 1. The van der Waals surface area contributed by atoms with Gasteiger partial charge in [0, 0.05) is 22.2 Å². The number of anilines is 2. The number of fused-ring (bicyclic) bond motifs is 1. The first kappa shape index (κ1) is 34.0. The Bertz CT molecular complexity index is 2340. The van der Waals surface area contributed by atoms with E-state index in [2.05, 4.69) is 10.3 Å². The van der Waals surface area contributed by atoms with Crippen molar-refractivity contribution in [3.05, 3.63) is 162 Å². The molecule has 6 aromatic rings. The van der Waals surface area contributed by atoms with E-state index in [1.807, 2.05) is 97.9 Å². The maximum Gasteiger partial charge on any atom is 0.336 e. The van der Waals surface area contributed by atoms with Crippen LogP contribution in [0, 0.1) is 0 Å². The summed E-state index contributed by atoms with van der Waals surface area (Å²) in [5.74, 6) is -1.04. The van der Waals surface area contributed by atoms with Gasteiger partial charge in [-0.3, -0.25) is 14.5 Å². The van der Waals surface area contributed by atoms with E-state index >= 15 is 0 Å². The average Bonchev–Trinajstić information content (AvgIpc) is 3.48. The molecule has 0 radical (unpaired) electrons. The third-order valence-corrected chi connectivity index (χ3v) is 9.52. The monoisotopic (exact) mass is 704 g/mol. The summed E-state index contributed by atoms with van der Waals surface area (Å²) in [4.78, 5) is 51.2. The largest absolute Gasteiger partial charge is 0.493 e. The minimum Gasteiger partial charge on any atom is -0.493 e. The van der Waals surface area contributed by atoms with Gasteiger partial charge in [-0.2, -0.15) is 0 Å². The molecule has 1 aromatic heterocycles. The molecule has 52 heavy (non-hydrogen) atoms. The second-order valence-electron chi connectivity index (χ2n) is 11.7. The highest BCUT2D eigenvalue weighted by Gasteiger charge is 2.36. The van der Waals surface area contributed by atoms with Crippen molar-refractivity contribution in [1.29, 1.82) is 0 Å². The Balaban J connectivity index is 1.20. The van der Waals surface area contributed by atoms with Gasteiger partial charge in [0.05, 0.1) is 29.1 Å². The number of carbonyl (C=O) groups excluding carboxylic acids is 2. The van der Waals surface area contributed by atoms with Gasteiger partial charge in [0.1, 0.15) is 16.7 Å². The third-order valence-electron chi connectivity index (χ3n) is 8.31. The highest BCUT2D eigenvalue weighted by Crippen LogP contribution is 2.38. The Morgan fingerprint density at radius 2 is 1.54 bits per heavy atom. The van der Waals surface area contributed by atoms with Gasteiger partial charge in [-0.15, -0.1) is 0 Å². The van der Waals surface area contributed by atoms with Crippen LogP contribution in [0.5, 0.6) is 5.75 Å². The van der Waals surface area contributed by atoms with Crippen LogP contribution in [0.25, 0.3) is 28.2 Å². The lowest BCUT2D eigenvalue weighted by Crippen LogP contribution is -2.32. The number of nitrogens with zero attached hydrogens (tertiary/aromatic N) is 3. The fourth-order valence-corrected chi connectivity index (χ4v) is 6.97. The number of carboxylic acid groups (broad SMARTS) is 1. The van der Waals surface area contributed by atoms with E-state index in [-0.39, 0.29) is 23.1 Å². The van der Waals surface area contributed by atoms with Crippen molar-refractivity contribution in [2.45, 2.75) is 12.2 Å². The number of thioether (sulfide) groups is 1. The van der Waals surface area contributed by atoms with Crippen LogP contribution >= 0.6 is 11.8 Å². The van der Waals surface area contributed by atoms with Crippen LogP contribution in [-0.4, -0.2) is 39.6 Å². The summed E-state index contributed by atoms with van der Waals surface area (Å²) in [7, 11) is 0. The highest BCUT2D eigenvalue weighted by atomic mass is 32.2. The molecule has 9 nitrogen and oxygen atoms in total. The van der Waals surface area contributed by atoms with Crippen LogP contribution in [0.4, 0.5) is 11.4 Å². The van der Waals surface area contributed by atoms with Crippen LogP contribution in [0.2, 0.25) is 0 Å². The van der Waals surface area contributed by atoms with Crippen molar-refractivity contribution in [1.82, 2.24) is 4.98 Å². The van der Waals surface area contributed by atoms with E-state index < -0.39 is 11.2 Å². The number of rotatable bonds is 10. The molecule has 0 fully saturated rings. The predicted molar refractivity (Wildman–Crippen MR) is 206 cm³/mol. The van der Waals surface area contributed by atoms with Crippen molar-refractivity contribution in [2.24, 2.45) is 4.99 Å². The molecule has 1 aliphatic heterocycles. The van der Waals surface area contributed by atoms with Gasteiger partial charge in [0.25, 0.3) is 5.91 Å². The molecule has 256 valence electrons. The Morgan fingerprint density at radius 3 is 2.27 bits per heavy atom. The number of hydrogen-bond donors (Lipinski definition) is 2. The number of para-hydroxylation sites is 3. The number of aromatic carboxylic acids is 1. The van der Waals surface area contributed by atoms with Crippen molar-refractivity contribution < 1.29 is 24.2 Å². The van der Waals surface area contributed by atoms with Gasteiger partial charge in [0.2, 0.25) is 5.91 Å². The fraction of sp³-hybridized carbons (Fsp3) is 0.0714. The summed E-state index contributed by atoms with van der Waals surface area (Å²) in [6.07, 6.45) is 1.71. The molecule has 1 atom stereocenters. The van der Waals surface area contributed by atoms with Gasteiger partial charge < -0.3 is 15.2 Å². The Kier molecular flexibility index (Phi) is 9.90. The van der Waals surface area contributed by atoms with E-state index in [0.29, 0.717) is 51.1 Å². The van der Waals surface area contributed by atoms with E-state index in [9.17, 15) is 19.5 Å². The molecule has 7 rings (SSSR count). The third kappa shape index (κ3) is 7.19. The number of benzene rings is 5. The van der Waals surface area contributed by atoms with Crippen LogP contribution in [0.1, 0.15) is 33.7 Å². The van der Waals surface area contributed by atoms with Gasteiger partial charge in [-0.1, -0.05) is 109 Å². The number of carbonyl (C=O) groups is 3. The zero-order chi connectivity index (χ0) is 36.0. The molecule has 10 heteroatoms. The van der Waals surface area contributed by atoms with E-state index in [0.717, 1.165) is 11.1 Å². The number of pyridine rings is 1. The molecule has 0 saturated heterocycles. The lowest BCUT2D eigenvalue weighted by atomic mass is 10.0. The fourth-order valence-electron chi connectivity index (χ4n) is 5.85. The summed E-state index contributed by atoms with van der Waals surface area (Å²) in [5.41, 5.74) is 4.76. The second-order valence-corrected chi connectivity index (χ2v) is 12.8. The molecule has 1 unspecified atom stereocenters. The highest BCUT2D eigenvalue weighted by molar-refractivity contribution is 8.15. The number of nitrogens with one attached hydrogen (secondary N) is 1. The topological polar surface area (TPSA) is 121 Å². The summed E-state index contributed by atoms with van der Waals surface area (Å²) in [5, 5.41) is 13.0. The van der Waals surface area contributed by atoms with Gasteiger partial charge in [-0.25, -0.2) is 14.8 Å². The number of hydrogen-bond acceptors (Lipinski definition) is 7. The number of aliphatic imine (C=N–C) groups is 1. The molecule has 5 aromatic carbocycles. The first-order valence-electron chi connectivity index (χ1n) is 16.6. The maximum absolute atomic E-state index is 14.1. The normalized spacial score (nSPS) is 13.9. The van der Waals surface area contributed by atoms with Gasteiger partial charge in [-0.05, 0) is 61.0 Å². The van der Waals surface area contributed by atoms with Crippen LogP contribution in [-0.2, 0) is 9.59 Å². The molecular formula is C42H32N4O5S. The summed E-state index contributed by atoms with van der Waals surface area (Å²) < 4.78 is 5.79. The van der Waals surface area contributed by atoms with Crippen molar-refractivity contribution in [3.8, 4) is 17.0 Å². The van der Waals surface area contributed by atoms with Crippen LogP contribution in [0.3, 0.4) is 0 Å². The van der Waals surface area contributed by atoms with E-state index in [4.69, 9.17) is 9.73 Å². The lowest BCUT2D eigenvalue weighted by molar-refractivity contribution is -0.116. The Hall–Kier alpha value is -6.52. The number of ether oxygens (including phenoxy) is 1. The van der Waals surface area contributed by atoms with Crippen molar-refractivity contribution in [3.63, 3.8) is 0 Å². The minimum atomic E-state index is -1.04. The molecule has 1 aliphatic rings. The van der Waals surface area contributed by atoms with Gasteiger partial charge >= 0.3 is 5.97 Å². The summed E-state index contributed by atoms with van der Waals surface area (Å²) in [6.45, 7) is 2.37. The first-order valence-corrected chi connectivity index (χ1v) is 17.5. The molecule has 0 spiro atoms. The second kappa shape index (κ2) is 15.2. The molecule has 0 aliphatic carbocycles. The molecular weight excluding hydrogens is 673 g/mol. The van der Waals surface area contributed by atoms with Crippen molar-refractivity contribution >= 4 is 63.1 Å². The zero-order valence-electron chi connectivity index (χ0n) is 28.0. The van der Waals surface area contributed by atoms with Crippen LogP contribution in [0.15, 0.2) is 150 Å². The number of amides is 2. The number of carboxylic acids is 1. The molecule has 2 amide bonds. The number of amidine groups is 1. The maximum atomic E-state index is 14.1. The molecule has 0 saturated carbocycles. The molecule has 0 bridgehead atoms. The van der Waals surface area contributed by atoms with E-state index in [1.165, 1.54) is 16.7 Å². The minimum absolute atomic E-state index is 0.162. The molecule has 2 heterocycles. The van der Waals surface area contributed by atoms with E-state index in [1.54, 1.807) is 54.6 Å². The van der Waals surface area contributed by atoms with Gasteiger partial charge in [0.15, 0.2) is 5.17 Å². The quantitative estimate of drug-likeness (QED) is 0.137. The molecule has 2 N–H and O–H groups in total. The zero-order valence-corrected chi connectivity index (χ0v) is 28.8. The Morgan fingerprint density at radius 1 is 0.865 bits per heavy atom. The van der Waals surface area contributed by atoms with Crippen LogP contribution < -0.4 is 15.0 Å². The summed E-state index contributed by atoms with van der Waals surface area (Å²) >= 11 is 1.18. The lowest BCUT2D eigenvalue weighted by Gasteiger charge is -2.22. The summed E-state index contributed by atoms with van der Waals surface area (Å²) in [6, 6.07) is 41.7. The predicted octanol–water partition coefficient (Wildman–Crippen LogP) is 8.86. The SMILES string of the molecule is CCOc1ccccc1/C=C1/N=C(SC(C(=O)Nc2ccc(-c3cc(C(=O)O)c4ccccc4n3)cc2)c2ccccc2)N(c2ccccc2)C1=O. The average molecular weight is 705 g/mol. The smallest absolute Gasteiger partial charge is 0.336 e. The first-order chi connectivity index (χ1) is 25.4.